The first-order valence-corrected chi connectivity index (χ1v) is 10.4. The number of amides is 1. The molecule has 0 fully saturated rings. The predicted molar refractivity (Wildman–Crippen MR) is 126 cm³/mol. The maximum absolute atomic E-state index is 13.0. The van der Waals surface area contributed by atoms with Crippen molar-refractivity contribution >= 4 is 27.7 Å². The molecule has 0 bridgehead atoms. The van der Waals surface area contributed by atoms with Gasteiger partial charge in [0, 0.05) is 28.4 Å². The zero-order valence-electron chi connectivity index (χ0n) is 17.6. The van der Waals surface area contributed by atoms with Crippen LogP contribution in [0.1, 0.15) is 27.2 Å². The van der Waals surface area contributed by atoms with E-state index in [-0.39, 0.29) is 5.91 Å². The van der Waals surface area contributed by atoms with Crippen LogP contribution in [0.15, 0.2) is 78.9 Å². The Bertz CT molecular complexity index is 1400. The van der Waals surface area contributed by atoms with Crippen molar-refractivity contribution in [2.24, 2.45) is 0 Å². The molecule has 5 aromatic rings. The third-order valence-corrected chi connectivity index (χ3v) is 5.63. The highest BCUT2D eigenvalue weighted by atomic mass is 16.1. The maximum Gasteiger partial charge on any atom is 0.270 e. The average Bonchev–Trinajstić information content (AvgIpc) is 3.17. The van der Waals surface area contributed by atoms with Crippen molar-refractivity contribution in [3.8, 4) is 11.3 Å². The number of nitrogens with zero attached hydrogens (tertiary/aromatic N) is 1. The molecular weight excluding hydrogens is 382 g/mol. The molecule has 4 nitrogen and oxygen atoms in total. The number of hydrogen-bond donors (Lipinski definition) is 2. The molecule has 152 valence electrons. The largest absolute Gasteiger partial charge is 0.353 e. The Kier molecular flexibility index (Phi) is 4.75. The van der Waals surface area contributed by atoms with Crippen molar-refractivity contribution in [3.63, 3.8) is 0 Å². The van der Waals surface area contributed by atoms with E-state index in [4.69, 9.17) is 4.98 Å². The molecule has 2 N–H and O–H groups in total. The van der Waals surface area contributed by atoms with Crippen molar-refractivity contribution in [1.82, 2.24) is 15.3 Å². The van der Waals surface area contributed by atoms with E-state index in [1.807, 2.05) is 48.5 Å². The van der Waals surface area contributed by atoms with Gasteiger partial charge in [0.1, 0.15) is 5.69 Å². The highest BCUT2D eigenvalue weighted by molar-refractivity contribution is 6.13. The Hall–Kier alpha value is -3.92. The molecule has 1 amide bonds. The van der Waals surface area contributed by atoms with Crippen LogP contribution >= 0.6 is 0 Å². The van der Waals surface area contributed by atoms with Crippen LogP contribution in [0.25, 0.3) is 33.1 Å². The fourth-order valence-electron chi connectivity index (χ4n) is 3.86. The van der Waals surface area contributed by atoms with Crippen LogP contribution in [0.2, 0.25) is 0 Å². The second kappa shape index (κ2) is 7.73. The molecule has 5 rings (SSSR count). The van der Waals surface area contributed by atoms with Gasteiger partial charge in [-0.2, -0.15) is 0 Å². The predicted octanol–water partition coefficient (Wildman–Crippen LogP) is 5.93. The first-order valence-electron chi connectivity index (χ1n) is 10.4. The second-order valence-corrected chi connectivity index (χ2v) is 7.98. The summed E-state index contributed by atoms with van der Waals surface area (Å²) in [6, 6.07) is 26.4. The lowest BCUT2D eigenvalue weighted by molar-refractivity contribution is 0.0946. The number of hydrogen-bond acceptors (Lipinski definition) is 2. The van der Waals surface area contributed by atoms with Crippen LogP contribution in [0, 0.1) is 13.8 Å². The van der Waals surface area contributed by atoms with Crippen molar-refractivity contribution in [2.45, 2.75) is 20.4 Å². The molecule has 0 saturated carbocycles. The third kappa shape index (κ3) is 3.68. The lowest BCUT2D eigenvalue weighted by atomic mass is 10.0. The number of aromatic nitrogens is 2. The summed E-state index contributed by atoms with van der Waals surface area (Å²) in [4.78, 5) is 21.3. The maximum atomic E-state index is 13.0. The lowest BCUT2D eigenvalue weighted by Gasteiger charge is -2.09. The fraction of sp³-hybridized carbons (Fsp3) is 0.111. The van der Waals surface area contributed by atoms with Crippen molar-refractivity contribution in [2.75, 3.05) is 0 Å². The van der Waals surface area contributed by atoms with Crippen LogP contribution in [-0.4, -0.2) is 15.9 Å². The van der Waals surface area contributed by atoms with Crippen molar-refractivity contribution < 1.29 is 4.79 Å². The minimum Gasteiger partial charge on any atom is -0.353 e. The van der Waals surface area contributed by atoms with Crippen LogP contribution in [0.4, 0.5) is 0 Å². The molecule has 2 aromatic heterocycles. The van der Waals surface area contributed by atoms with Gasteiger partial charge >= 0.3 is 0 Å². The first-order chi connectivity index (χ1) is 15.1. The van der Waals surface area contributed by atoms with E-state index in [2.05, 4.69) is 54.5 Å². The van der Waals surface area contributed by atoms with Gasteiger partial charge in [-0.25, -0.2) is 4.98 Å². The summed E-state index contributed by atoms with van der Waals surface area (Å²) < 4.78 is 0. The molecule has 2 heterocycles. The fourth-order valence-corrected chi connectivity index (χ4v) is 3.86. The van der Waals surface area contributed by atoms with E-state index in [0.29, 0.717) is 12.2 Å². The molecule has 3 aromatic carbocycles. The van der Waals surface area contributed by atoms with E-state index in [9.17, 15) is 4.79 Å². The highest BCUT2D eigenvalue weighted by Crippen LogP contribution is 2.32. The van der Waals surface area contributed by atoms with Crippen molar-refractivity contribution in [3.05, 3.63) is 101 Å². The molecule has 0 spiro atoms. The summed E-state index contributed by atoms with van der Waals surface area (Å²) in [5, 5.41) is 5.10. The molecule has 4 heteroatoms. The van der Waals surface area contributed by atoms with E-state index in [1.54, 1.807) is 0 Å². The monoisotopic (exact) mass is 405 g/mol. The Balaban J connectivity index is 1.59. The zero-order chi connectivity index (χ0) is 21.4. The van der Waals surface area contributed by atoms with Crippen LogP contribution in [0.5, 0.6) is 0 Å². The summed E-state index contributed by atoms with van der Waals surface area (Å²) in [7, 11) is 0. The number of carbonyl (C=O) groups is 1. The number of benzene rings is 3. The van der Waals surface area contributed by atoms with Gasteiger partial charge in [-0.1, -0.05) is 77.9 Å². The molecule has 0 saturated heterocycles. The topological polar surface area (TPSA) is 57.8 Å². The molecular formula is C27H23N3O. The molecule has 0 unspecified atom stereocenters. The number of para-hydroxylation sites is 1. The van der Waals surface area contributed by atoms with Gasteiger partial charge in [0.25, 0.3) is 5.91 Å². The first kappa shape index (κ1) is 19.1. The number of nitrogens with one attached hydrogen (secondary N) is 2. The number of H-pyrrole nitrogens is 1. The van der Waals surface area contributed by atoms with Gasteiger partial charge in [-0.05, 0) is 31.5 Å². The summed E-state index contributed by atoms with van der Waals surface area (Å²) in [5.41, 5.74) is 7.60. The highest BCUT2D eigenvalue weighted by Gasteiger charge is 2.17. The molecule has 0 atom stereocenters. The van der Waals surface area contributed by atoms with Gasteiger partial charge < -0.3 is 10.3 Å². The summed E-state index contributed by atoms with van der Waals surface area (Å²) >= 11 is 0. The lowest BCUT2D eigenvalue weighted by Crippen LogP contribution is -2.24. The molecule has 0 aliphatic carbocycles. The number of rotatable bonds is 4. The number of pyridine rings is 1. The number of carbonyl (C=O) groups excluding carboxylic acids is 1. The van der Waals surface area contributed by atoms with Gasteiger partial charge in [0.15, 0.2) is 0 Å². The standard InChI is InChI=1S/C27H23N3O/c1-17-7-11-19(12-8-17)16-28-27(31)24-15-22-21-5-3-4-6-23(21)29-26(22)25(30-24)20-13-9-18(2)10-14-20/h3-15,29H,16H2,1-2H3,(H,28,31). The van der Waals surface area contributed by atoms with Gasteiger partial charge in [0.2, 0.25) is 0 Å². The van der Waals surface area contributed by atoms with E-state index < -0.39 is 0 Å². The smallest absolute Gasteiger partial charge is 0.270 e. The zero-order valence-corrected chi connectivity index (χ0v) is 17.6. The van der Waals surface area contributed by atoms with Crippen LogP contribution in [-0.2, 0) is 6.54 Å². The molecule has 0 aliphatic heterocycles. The molecule has 0 aliphatic rings. The number of aryl methyl sites for hydroxylation is 2. The minimum absolute atomic E-state index is 0.180. The number of aromatic amines is 1. The second-order valence-electron chi connectivity index (χ2n) is 7.98. The summed E-state index contributed by atoms with van der Waals surface area (Å²) in [5.74, 6) is -0.180. The Morgan fingerprint density at radius 1 is 0.871 bits per heavy atom. The minimum atomic E-state index is -0.180. The van der Waals surface area contributed by atoms with Gasteiger partial charge in [-0.3, -0.25) is 4.79 Å². The molecule has 0 radical (unpaired) electrons. The number of fused-ring (bicyclic) bond motifs is 3. The quantitative estimate of drug-likeness (QED) is 0.389. The SMILES string of the molecule is Cc1ccc(CNC(=O)c2cc3c([nH]c4ccccc43)c(-c3ccc(C)cc3)n2)cc1. The van der Waals surface area contributed by atoms with Crippen molar-refractivity contribution in [1.29, 1.82) is 0 Å². The van der Waals surface area contributed by atoms with Crippen LogP contribution in [0.3, 0.4) is 0 Å². The van der Waals surface area contributed by atoms with E-state index >= 15 is 0 Å². The summed E-state index contributed by atoms with van der Waals surface area (Å²) in [6.07, 6.45) is 0. The van der Waals surface area contributed by atoms with E-state index in [0.717, 1.165) is 38.6 Å². The Morgan fingerprint density at radius 2 is 1.55 bits per heavy atom. The molecule has 31 heavy (non-hydrogen) atoms. The van der Waals surface area contributed by atoms with Crippen LogP contribution < -0.4 is 5.32 Å². The average molecular weight is 406 g/mol. The Labute approximate surface area is 181 Å². The third-order valence-electron chi connectivity index (χ3n) is 5.63. The normalized spacial score (nSPS) is 11.2. The van der Waals surface area contributed by atoms with Gasteiger partial charge in [0.05, 0.1) is 11.2 Å². The van der Waals surface area contributed by atoms with Gasteiger partial charge in [-0.15, -0.1) is 0 Å². The van der Waals surface area contributed by atoms with E-state index in [1.165, 1.54) is 11.1 Å². The Morgan fingerprint density at radius 3 is 2.29 bits per heavy atom. The summed E-state index contributed by atoms with van der Waals surface area (Å²) in [6.45, 7) is 4.58.